The highest BCUT2D eigenvalue weighted by molar-refractivity contribution is 5.78. The van der Waals surface area contributed by atoms with Gasteiger partial charge >= 0.3 is 0 Å². The average molecular weight is 181 g/mol. The average Bonchev–Trinajstić information content (AvgIpc) is 2.48. The van der Waals surface area contributed by atoms with E-state index < -0.39 is 0 Å². The fraction of sp³-hybridized carbons (Fsp3) is 0.778. The first-order valence-electron chi connectivity index (χ1n) is 4.61. The molecule has 4 heteroatoms. The molecule has 0 bridgehead atoms. The molecule has 1 rings (SSSR count). The third-order valence-electron chi connectivity index (χ3n) is 2.40. The molecule has 1 amide bonds. The lowest BCUT2D eigenvalue weighted by Crippen LogP contribution is -2.38. The van der Waals surface area contributed by atoms with Crippen LogP contribution in [0, 0.1) is 11.3 Å². The summed E-state index contributed by atoms with van der Waals surface area (Å²) in [7, 11) is 0. The van der Waals surface area contributed by atoms with Crippen LogP contribution in [-0.4, -0.2) is 36.5 Å². The number of nitrogens with one attached hydrogen (secondary N) is 1. The molecule has 1 atom stereocenters. The SMILES string of the molecule is CC1CCCN1CC(=O)NCC#N. The van der Waals surface area contributed by atoms with Crippen molar-refractivity contribution in [2.45, 2.75) is 25.8 Å². The molecule has 1 N–H and O–H groups in total. The topological polar surface area (TPSA) is 56.1 Å². The summed E-state index contributed by atoms with van der Waals surface area (Å²) in [5, 5.41) is 10.8. The number of likely N-dealkylation sites (tertiary alicyclic amines) is 1. The van der Waals surface area contributed by atoms with E-state index >= 15 is 0 Å². The van der Waals surface area contributed by atoms with E-state index in [9.17, 15) is 4.79 Å². The third kappa shape index (κ3) is 3.03. The zero-order chi connectivity index (χ0) is 9.68. The zero-order valence-electron chi connectivity index (χ0n) is 7.92. The van der Waals surface area contributed by atoms with Crippen molar-refractivity contribution < 1.29 is 4.79 Å². The van der Waals surface area contributed by atoms with E-state index in [1.54, 1.807) is 0 Å². The molecule has 0 aromatic rings. The monoisotopic (exact) mass is 181 g/mol. The second-order valence-corrected chi connectivity index (χ2v) is 3.40. The Morgan fingerprint density at radius 2 is 2.54 bits per heavy atom. The number of amides is 1. The molecule has 1 aliphatic heterocycles. The molecular weight excluding hydrogens is 166 g/mol. The minimum Gasteiger partial charge on any atom is -0.342 e. The summed E-state index contributed by atoms with van der Waals surface area (Å²) in [6, 6.07) is 2.39. The van der Waals surface area contributed by atoms with Gasteiger partial charge in [-0.1, -0.05) is 0 Å². The number of hydrogen-bond acceptors (Lipinski definition) is 3. The molecule has 0 aliphatic carbocycles. The van der Waals surface area contributed by atoms with Gasteiger partial charge in [-0.05, 0) is 26.3 Å². The highest BCUT2D eigenvalue weighted by Crippen LogP contribution is 2.15. The van der Waals surface area contributed by atoms with Gasteiger partial charge in [-0.3, -0.25) is 9.69 Å². The van der Waals surface area contributed by atoms with Gasteiger partial charge in [0.15, 0.2) is 0 Å². The predicted octanol–water partition coefficient (Wildman–Crippen LogP) is 0.110. The molecule has 1 fully saturated rings. The lowest BCUT2D eigenvalue weighted by atomic mass is 10.2. The quantitative estimate of drug-likeness (QED) is 0.629. The first kappa shape index (κ1) is 10.0. The van der Waals surface area contributed by atoms with Gasteiger partial charge in [-0.15, -0.1) is 0 Å². The number of nitrogens with zero attached hydrogens (tertiary/aromatic N) is 2. The standard InChI is InChI=1S/C9H15N3O/c1-8-3-2-6-12(8)7-9(13)11-5-4-10/h8H,2-3,5-7H2,1H3,(H,11,13). The molecule has 0 aromatic carbocycles. The maximum absolute atomic E-state index is 11.2. The highest BCUT2D eigenvalue weighted by Gasteiger charge is 2.21. The van der Waals surface area contributed by atoms with Gasteiger partial charge in [-0.25, -0.2) is 0 Å². The normalized spacial score (nSPS) is 22.6. The molecule has 1 unspecified atom stereocenters. The first-order valence-corrected chi connectivity index (χ1v) is 4.61. The summed E-state index contributed by atoms with van der Waals surface area (Å²) in [6.45, 7) is 3.68. The smallest absolute Gasteiger partial charge is 0.235 e. The maximum atomic E-state index is 11.2. The number of rotatable bonds is 3. The summed E-state index contributed by atoms with van der Waals surface area (Å²) >= 11 is 0. The van der Waals surface area contributed by atoms with Crippen LogP contribution in [0.3, 0.4) is 0 Å². The molecule has 0 spiro atoms. The van der Waals surface area contributed by atoms with Gasteiger partial charge in [0.1, 0.15) is 6.54 Å². The summed E-state index contributed by atoms with van der Waals surface area (Å²) in [4.78, 5) is 13.3. The second kappa shape index (κ2) is 4.83. The van der Waals surface area contributed by atoms with Crippen LogP contribution >= 0.6 is 0 Å². The minimum atomic E-state index is -0.0460. The Bertz CT molecular complexity index is 221. The lowest BCUT2D eigenvalue weighted by molar-refractivity contribution is -0.122. The van der Waals surface area contributed by atoms with Crippen molar-refractivity contribution in [3.05, 3.63) is 0 Å². The molecule has 0 radical (unpaired) electrons. The van der Waals surface area contributed by atoms with Crippen molar-refractivity contribution in [3.63, 3.8) is 0 Å². The number of carbonyl (C=O) groups is 1. The third-order valence-corrected chi connectivity index (χ3v) is 2.40. The maximum Gasteiger partial charge on any atom is 0.235 e. The van der Waals surface area contributed by atoms with Crippen LogP contribution in [-0.2, 0) is 4.79 Å². The van der Waals surface area contributed by atoms with Crippen LogP contribution in [0.1, 0.15) is 19.8 Å². The fourth-order valence-corrected chi connectivity index (χ4v) is 1.61. The molecule has 0 aromatic heterocycles. The van der Waals surface area contributed by atoms with Gasteiger partial charge in [0.2, 0.25) is 5.91 Å². The molecule has 1 heterocycles. The van der Waals surface area contributed by atoms with Gasteiger partial charge in [0.25, 0.3) is 0 Å². The van der Waals surface area contributed by atoms with Gasteiger partial charge < -0.3 is 5.32 Å². The summed E-state index contributed by atoms with van der Waals surface area (Å²) in [5.74, 6) is -0.0460. The zero-order valence-corrected chi connectivity index (χ0v) is 7.92. The number of carbonyl (C=O) groups excluding carboxylic acids is 1. The van der Waals surface area contributed by atoms with Crippen LogP contribution in [0.25, 0.3) is 0 Å². The van der Waals surface area contributed by atoms with E-state index in [2.05, 4.69) is 17.1 Å². The van der Waals surface area contributed by atoms with Crippen molar-refractivity contribution in [1.82, 2.24) is 10.2 Å². The Balaban J connectivity index is 2.24. The fourth-order valence-electron chi connectivity index (χ4n) is 1.61. The lowest BCUT2D eigenvalue weighted by Gasteiger charge is -2.19. The van der Waals surface area contributed by atoms with Gasteiger partial charge in [0, 0.05) is 6.04 Å². The van der Waals surface area contributed by atoms with E-state index in [1.165, 1.54) is 12.8 Å². The van der Waals surface area contributed by atoms with E-state index in [0.717, 1.165) is 6.54 Å². The van der Waals surface area contributed by atoms with Crippen LogP contribution in [0.5, 0.6) is 0 Å². The molecule has 13 heavy (non-hydrogen) atoms. The molecule has 1 aliphatic rings. The summed E-state index contributed by atoms with van der Waals surface area (Å²) < 4.78 is 0. The van der Waals surface area contributed by atoms with Crippen LogP contribution in [0.4, 0.5) is 0 Å². The van der Waals surface area contributed by atoms with Crippen molar-refractivity contribution >= 4 is 5.91 Å². The predicted molar refractivity (Wildman–Crippen MR) is 48.9 cm³/mol. The van der Waals surface area contributed by atoms with Gasteiger partial charge in [0.05, 0.1) is 12.6 Å². The molecule has 1 saturated heterocycles. The Morgan fingerprint density at radius 1 is 1.77 bits per heavy atom. The number of hydrogen-bond donors (Lipinski definition) is 1. The molecule has 72 valence electrons. The Kier molecular flexibility index (Phi) is 3.71. The minimum absolute atomic E-state index is 0.0460. The Morgan fingerprint density at radius 3 is 3.08 bits per heavy atom. The molecule has 0 saturated carbocycles. The summed E-state index contributed by atoms with van der Waals surface area (Å²) in [6.07, 6.45) is 2.35. The van der Waals surface area contributed by atoms with E-state index in [4.69, 9.17) is 5.26 Å². The van der Waals surface area contributed by atoms with E-state index in [0.29, 0.717) is 12.6 Å². The Labute approximate surface area is 78.5 Å². The number of nitriles is 1. The Hall–Kier alpha value is -1.08. The molecule has 4 nitrogen and oxygen atoms in total. The van der Waals surface area contributed by atoms with Gasteiger partial charge in [-0.2, -0.15) is 5.26 Å². The van der Waals surface area contributed by atoms with Crippen LogP contribution in [0.2, 0.25) is 0 Å². The molecular formula is C9H15N3O. The van der Waals surface area contributed by atoms with Crippen LogP contribution < -0.4 is 5.32 Å². The van der Waals surface area contributed by atoms with Crippen molar-refractivity contribution in [2.24, 2.45) is 0 Å². The summed E-state index contributed by atoms with van der Waals surface area (Å²) in [5.41, 5.74) is 0. The second-order valence-electron chi connectivity index (χ2n) is 3.40. The van der Waals surface area contributed by atoms with E-state index in [-0.39, 0.29) is 12.5 Å². The van der Waals surface area contributed by atoms with Crippen LogP contribution in [0.15, 0.2) is 0 Å². The first-order chi connectivity index (χ1) is 6.24. The van der Waals surface area contributed by atoms with Crippen molar-refractivity contribution in [3.8, 4) is 6.07 Å². The highest BCUT2D eigenvalue weighted by atomic mass is 16.2. The largest absolute Gasteiger partial charge is 0.342 e. The van der Waals surface area contributed by atoms with Crippen molar-refractivity contribution in [2.75, 3.05) is 19.6 Å². The van der Waals surface area contributed by atoms with E-state index in [1.807, 2.05) is 6.07 Å². The van der Waals surface area contributed by atoms with Crippen molar-refractivity contribution in [1.29, 1.82) is 5.26 Å².